The van der Waals surface area contributed by atoms with Crippen molar-refractivity contribution in [1.29, 1.82) is 0 Å². The number of fused-ring (bicyclic) bond motifs is 1. The van der Waals surface area contributed by atoms with E-state index in [0.29, 0.717) is 30.0 Å². The molecular formula is C23H23F2N5O3S. The number of nitrogens with two attached hydrogens (primary N) is 1. The van der Waals surface area contributed by atoms with Crippen LogP contribution in [0.4, 0.5) is 20.4 Å². The van der Waals surface area contributed by atoms with Crippen molar-refractivity contribution in [3.05, 3.63) is 60.3 Å². The number of nitrogens with one attached hydrogen (secondary N) is 1. The zero-order valence-corrected chi connectivity index (χ0v) is 19.5. The van der Waals surface area contributed by atoms with Crippen LogP contribution >= 0.6 is 0 Å². The molecule has 2 aromatic carbocycles. The Morgan fingerprint density at radius 1 is 1.12 bits per heavy atom. The van der Waals surface area contributed by atoms with Gasteiger partial charge in [-0.05, 0) is 41.8 Å². The number of sulfonamides is 1. The lowest BCUT2D eigenvalue weighted by Crippen LogP contribution is -2.15. The molecule has 0 aliphatic rings. The summed E-state index contributed by atoms with van der Waals surface area (Å²) in [7, 11) is -3.06. The van der Waals surface area contributed by atoms with Crippen LogP contribution in [-0.2, 0) is 16.6 Å². The first kappa shape index (κ1) is 23.4. The van der Waals surface area contributed by atoms with Gasteiger partial charge in [0.15, 0.2) is 0 Å². The number of aromatic nitrogens is 3. The lowest BCUT2D eigenvalue weighted by molar-refractivity contribution is 0.400. The molecule has 4 aromatic rings. The average molecular weight is 488 g/mol. The number of methoxy groups -OCH3 is 1. The average Bonchev–Trinajstić information content (AvgIpc) is 3.07. The van der Waals surface area contributed by atoms with Gasteiger partial charge in [-0.1, -0.05) is 19.9 Å². The van der Waals surface area contributed by atoms with Crippen molar-refractivity contribution >= 4 is 32.7 Å². The molecule has 34 heavy (non-hydrogen) atoms. The van der Waals surface area contributed by atoms with Gasteiger partial charge < -0.3 is 15.0 Å². The standard InChI is InChI=1S/C23H23F2N5O3S/c1-13(2)12-30-20-9-14(4-6-18(20)28-23(30)26)15-8-19(22(33-3)27-11-15)29-34(31,32)21-7-5-16(24)10-17(21)25/h4-11,13,29H,12H2,1-3H3,(H2,26,28). The largest absolute Gasteiger partial charge is 0.480 e. The number of rotatable bonds is 7. The number of ether oxygens (including phenoxy) is 1. The summed E-state index contributed by atoms with van der Waals surface area (Å²) in [5.74, 6) is -1.35. The number of hydrogen-bond donors (Lipinski definition) is 2. The fourth-order valence-electron chi connectivity index (χ4n) is 3.62. The first-order valence-corrected chi connectivity index (χ1v) is 11.9. The highest BCUT2D eigenvalue weighted by atomic mass is 32.2. The van der Waals surface area contributed by atoms with Crippen molar-refractivity contribution < 1.29 is 21.9 Å². The van der Waals surface area contributed by atoms with Crippen molar-refractivity contribution in [2.45, 2.75) is 25.3 Å². The molecule has 0 bridgehead atoms. The maximum atomic E-state index is 14.1. The van der Waals surface area contributed by atoms with Crippen LogP contribution in [0.25, 0.3) is 22.2 Å². The van der Waals surface area contributed by atoms with Gasteiger partial charge in [0.1, 0.15) is 22.2 Å². The number of imidazole rings is 1. The number of pyridine rings is 1. The van der Waals surface area contributed by atoms with E-state index < -0.39 is 26.6 Å². The molecule has 0 saturated heterocycles. The predicted molar refractivity (Wildman–Crippen MR) is 126 cm³/mol. The number of halogens is 2. The Bertz CT molecular complexity index is 1490. The van der Waals surface area contributed by atoms with Crippen molar-refractivity contribution in [1.82, 2.24) is 14.5 Å². The Morgan fingerprint density at radius 2 is 1.88 bits per heavy atom. The van der Waals surface area contributed by atoms with E-state index in [0.717, 1.165) is 28.7 Å². The Labute approximate surface area is 195 Å². The van der Waals surface area contributed by atoms with E-state index >= 15 is 0 Å². The van der Waals surface area contributed by atoms with E-state index in [1.165, 1.54) is 19.4 Å². The molecule has 0 saturated carbocycles. The van der Waals surface area contributed by atoms with Gasteiger partial charge in [-0.25, -0.2) is 27.2 Å². The van der Waals surface area contributed by atoms with Crippen molar-refractivity contribution in [3.63, 3.8) is 0 Å². The molecule has 0 fully saturated rings. The molecule has 8 nitrogen and oxygen atoms in total. The Balaban J connectivity index is 1.76. The lowest BCUT2D eigenvalue weighted by Gasteiger charge is -2.14. The van der Waals surface area contributed by atoms with Crippen LogP contribution in [-0.4, -0.2) is 30.1 Å². The maximum absolute atomic E-state index is 14.1. The molecule has 0 aliphatic heterocycles. The Kier molecular flexibility index (Phi) is 6.13. The van der Waals surface area contributed by atoms with Gasteiger partial charge in [0, 0.05) is 24.4 Å². The molecule has 0 atom stereocenters. The highest BCUT2D eigenvalue weighted by molar-refractivity contribution is 7.92. The lowest BCUT2D eigenvalue weighted by atomic mass is 10.1. The van der Waals surface area contributed by atoms with E-state index in [1.54, 1.807) is 0 Å². The summed E-state index contributed by atoms with van der Waals surface area (Å²) in [6.45, 7) is 4.83. The summed E-state index contributed by atoms with van der Waals surface area (Å²) >= 11 is 0. The number of anilines is 2. The number of nitrogen functional groups attached to an aromatic ring is 1. The zero-order chi connectivity index (χ0) is 24.6. The molecule has 4 rings (SSSR count). The molecule has 0 aliphatic carbocycles. The minimum Gasteiger partial charge on any atom is -0.480 e. The van der Waals surface area contributed by atoms with Crippen LogP contribution < -0.4 is 15.2 Å². The summed E-state index contributed by atoms with van der Waals surface area (Å²) in [6.07, 6.45) is 1.53. The topological polar surface area (TPSA) is 112 Å². The second-order valence-electron chi connectivity index (χ2n) is 8.14. The fraction of sp³-hybridized carbons (Fsp3) is 0.217. The summed E-state index contributed by atoms with van der Waals surface area (Å²) in [6, 6.07) is 9.27. The highest BCUT2D eigenvalue weighted by Gasteiger charge is 2.22. The van der Waals surface area contributed by atoms with Gasteiger partial charge in [-0.3, -0.25) is 4.72 Å². The van der Waals surface area contributed by atoms with Crippen LogP contribution in [0.15, 0.2) is 53.6 Å². The zero-order valence-electron chi connectivity index (χ0n) is 18.7. The molecule has 0 spiro atoms. The van der Waals surface area contributed by atoms with Crippen LogP contribution in [0.5, 0.6) is 5.88 Å². The SMILES string of the molecule is COc1ncc(-c2ccc3nc(N)n(CC(C)C)c3c2)cc1NS(=O)(=O)c1ccc(F)cc1F. The van der Waals surface area contributed by atoms with Crippen LogP contribution in [0.3, 0.4) is 0 Å². The predicted octanol–water partition coefficient (Wildman–Crippen LogP) is 4.42. The monoisotopic (exact) mass is 487 g/mol. The summed E-state index contributed by atoms with van der Waals surface area (Å²) in [4.78, 5) is 7.89. The van der Waals surface area contributed by atoms with Gasteiger partial charge >= 0.3 is 0 Å². The van der Waals surface area contributed by atoms with E-state index in [9.17, 15) is 17.2 Å². The minimum atomic E-state index is -4.39. The molecule has 0 radical (unpaired) electrons. The summed E-state index contributed by atoms with van der Waals surface area (Å²) in [5.41, 5.74) is 8.97. The van der Waals surface area contributed by atoms with Gasteiger partial charge in [0.2, 0.25) is 11.8 Å². The minimum absolute atomic E-state index is 0.000904. The molecule has 0 amide bonds. The van der Waals surface area contributed by atoms with E-state index in [1.807, 2.05) is 22.8 Å². The fourth-order valence-corrected chi connectivity index (χ4v) is 4.73. The number of nitrogens with zero attached hydrogens (tertiary/aromatic N) is 3. The van der Waals surface area contributed by atoms with Crippen LogP contribution in [0.2, 0.25) is 0 Å². The van der Waals surface area contributed by atoms with Crippen molar-refractivity contribution in [2.75, 3.05) is 17.6 Å². The van der Waals surface area contributed by atoms with Crippen LogP contribution in [0.1, 0.15) is 13.8 Å². The van der Waals surface area contributed by atoms with Gasteiger partial charge in [-0.2, -0.15) is 0 Å². The maximum Gasteiger partial charge on any atom is 0.264 e. The molecular weight excluding hydrogens is 464 g/mol. The molecule has 3 N–H and O–H groups in total. The Hall–Kier alpha value is -3.73. The van der Waals surface area contributed by atoms with Gasteiger partial charge in [-0.15, -0.1) is 0 Å². The van der Waals surface area contributed by atoms with Crippen molar-refractivity contribution in [2.24, 2.45) is 5.92 Å². The second kappa shape index (κ2) is 8.90. The number of benzene rings is 2. The highest BCUT2D eigenvalue weighted by Crippen LogP contribution is 2.32. The van der Waals surface area contributed by atoms with Crippen LogP contribution in [0, 0.1) is 17.6 Å². The molecule has 11 heteroatoms. The number of hydrogen-bond acceptors (Lipinski definition) is 6. The second-order valence-corrected chi connectivity index (χ2v) is 9.79. The normalized spacial score (nSPS) is 11.8. The van der Waals surface area contributed by atoms with Crippen molar-refractivity contribution in [3.8, 4) is 17.0 Å². The van der Waals surface area contributed by atoms with E-state index in [-0.39, 0.29) is 11.6 Å². The van der Waals surface area contributed by atoms with Gasteiger partial charge in [0.05, 0.1) is 18.1 Å². The summed E-state index contributed by atoms with van der Waals surface area (Å²) in [5, 5.41) is 0. The Morgan fingerprint density at radius 3 is 2.56 bits per heavy atom. The first-order valence-electron chi connectivity index (χ1n) is 10.4. The third-order valence-corrected chi connectivity index (χ3v) is 6.53. The van der Waals surface area contributed by atoms with E-state index in [2.05, 4.69) is 28.5 Å². The third-order valence-electron chi connectivity index (χ3n) is 5.13. The van der Waals surface area contributed by atoms with E-state index in [4.69, 9.17) is 10.5 Å². The molecule has 178 valence electrons. The molecule has 2 heterocycles. The molecule has 0 unspecified atom stereocenters. The smallest absolute Gasteiger partial charge is 0.264 e. The summed E-state index contributed by atoms with van der Waals surface area (Å²) < 4.78 is 62.3. The molecule has 2 aromatic heterocycles. The first-order chi connectivity index (χ1) is 16.1. The van der Waals surface area contributed by atoms with Gasteiger partial charge in [0.25, 0.3) is 10.0 Å². The quantitative estimate of drug-likeness (QED) is 0.399. The third kappa shape index (κ3) is 4.51.